The number of esters is 1. The zero-order chi connectivity index (χ0) is 17.1. The Morgan fingerprint density at radius 3 is 2.35 bits per heavy atom. The molecule has 0 spiro atoms. The highest BCUT2D eigenvalue weighted by atomic mass is 35.5. The molecule has 0 amide bonds. The molecule has 0 saturated carbocycles. The standard InChI is InChI=1S/C15H14Cl2N2O4/c1-18-9(6-13(20)19(2)15(18)22)8-23-14(21)7-10-11(16)4-3-5-12(10)17/h3-6H,7-8H2,1-2H3. The van der Waals surface area contributed by atoms with Gasteiger partial charge in [0.2, 0.25) is 0 Å². The predicted octanol–water partition coefficient (Wildman–Crippen LogP) is 1.68. The molecule has 0 atom stereocenters. The normalized spacial score (nSPS) is 10.6. The van der Waals surface area contributed by atoms with Crippen molar-refractivity contribution in [2.24, 2.45) is 14.1 Å². The molecule has 8 heteroatoms. The summed E-state index contributed by atoms with van der Waals surface area (Å²) in [4.78, 5) is 35.3. The van der Waals surface area contributed by atoms with E-state index >= 15 is 0 Å². The summed E-state index contributed by atoms with van der Waals surface area (Å²) in [6, 6.07) is 6.17. The van der Waals surface area contributed by atoms with E-state index in [0.717, 1.165) is 4.57 Å². The molecular formula is C15H14Cl2N2O4. The van der Waals surface area contributed by atoms with Gasteiger partial charge in [-0.3, -0.25) is 18.7 Å². The van der Waals surface area contributed by atoms with Crippen molar-refractivity contribution >= 4 is 29.2 Å². The van der Waals surface area contributed by atoms with E-state index in [1.54, 1.807) is 18.2 Å². The third kappa shape index (κ3) is 3.83. The number of carbonyl (C=O) groups is 1. The molecule has 6 nitrogen and oxygen atoms in total. The largest absolute Gasteiger partial charge is 0.459 e. The van der Waals surface area contributed by atoms with Crippen molar-refractivity contribution < 1.29 is 9.53 Å². The number of nitrogens with zero attached hydrogens (tertiary/aromatic N) is 2. The monoisotopic (exact) mass is 356 g/mol. The summed E-state index contributed by atoms with van der Waals surface area (Å²) >= 11 is 12.0. The second-order valence-corrected chi connectivity index (χ2v) is 5.73. The fraction of sp³-hybridized carbons (Fsp3) is 0.267. The summed E-state index contributed by atoms with van der Waals surface area (Å²) in [6.45, 7) is -0.192. The van der Waals surface area contributed by atoms with Gasteiger partial charge in [-0.2, -0.15) is 0 Å². The number of halogens is 2. The summed E-state index contributed by atoms with van der Waals surface area (Å²) in [5, 5.41) is 0.742. The maximum Gasteiger partial charge on any atom is 0.330 e. The van der Waals surface area contributed by atoms with Crippen LogP contribution in [0.2, 0.25) is 10.0 Å². The third-order valence-electron chi connectivity index (χ3n) is 3.39. The molecule has 2 aromatic rings. The molecule has 0 saturated heterocycles. The van der Waals surface area contributed by atoms with Crippen LogP contribution in [0, 0.1) is 0 Å². The molecule has 0 aliphatic carbocycles. The molecule has 1 aromatic heterocycles. The smallest absolute Gasteiger partial charge is 0.330 e. The van der Waals surface area contributed by atoms with Gasteiger partial charge in [0.25, 0.3) is 5.56 Å². The van der Waals surface area contributed by atoms with E-state index < -0.39 is 17.2 Å². The highest BCUT2D eigenvalue weighted by molar-refractivity contribution is 6.36. The molecule has 0 aliphatic rings. The minimum Gasteiger partial charge on any atom is -0.459 e. The lowest BCUT2D eigenvalue weighted by molar-refractivity contribution is -0.144. The van der Waals surface area contributed by atoms with Gasteiger partial charge in [0.15, 0.2) is 0 Å². The molecule has 0 radical (unpaired) electrons. The zero-order valence-corrected chi connectivity index (χ0v) is 14.0. The van der Waals surface area contributed by atoms with Gasteiger partial charge >= 0.3 is 11.7 Å². The van der Waals surface area contributed by atoms with Crippen molar-refractivity contribution in [3.05, 3.63) is 66.4 Å². The number of rotatable bonds is 4. The average molecular weight is 357 g/mol. The molecule has 0 bridgehead atoms. The fourth-order valence-corrected chi connectivity index (χ4v) is 2.50. The first-order valence-corrected chi connectivity index (χ1v) is 7.41. The number of ether oxygens (including phenoxy) is 1. The Kier molecular flexibility index (Phi) is 5.28. The molecule has 2 rings (SSSR count). The highest BCUT2D eigenvalue weighted by Gasteiger charge is 2.13. The summed E-state index contributed by atoms with van der Waals surface area (Å²) in [6.07, 6.45) is -0.0999. The van der Waals surface area contributed by atoms with E-state index in [2.05, 4.69) is 0 Å². The molecule has 23 heavy (non-hydrogen) atoms. The molecule has 0 unspecified atom stereocenters. The van der Waals surface area contributed by atoms with E-state index in [1.807, 2.05) is 0 Å². The van der Waals surface area contributed by atoms with Crippen LogP contribution >= 0.6 is 23.2 Å². The Morgan fingerprint density at radius 2 is 1.74 bits per heavy atom. The first-order chi connectivity index (χ1) is 10.8. The van der Waals surface area contributed by atoms with Crippen molar-refractivity contribution in [1.82, 2.24) is 9.13 Å². The van der Waals surface area contributed by atoms with Gasteiger partial charge in [-0.25, -0.2) is 4.79 Å². The second-order valence-electron chi connectivity index (χ2n) is 4.91. The zero-order valence-electron chi connectivity index (χ0n) is 12.5. The number of carbonyl (C=O) groups excluding carboxylic acids is 1. The van der Waals surface area contributed by atoms with Crippen molar-refractivity contribution in [3.63, 3.8) is 0 Å². The van der Waals surface area contributed by atoms with Gasteiger partial charge in [0.1, 0.15) is 6.61 Å². The van der Waals surface area contributed by atoms with Crippen molar-refractivity contribution in [3.8, 4) is 0 Å². The summed E-state index contributed by atoms with van der Waals surface area (Å²) in [5.41, 5.74) is -0.179. The number of hydrogen-bond donors (Lipinski definition) is 0. The van der Waals surface area contributed by atoms with Crippen LogP contribution in [0.15, 0.2) is 33.9 Å². The molecule has 1 heterocycles. The quantitative estimate of drug-likeness (QED) is 0.781. The SMILES string of the molecule is Cn1c(COC(=O)Cc2c(Cl)cccc2Cl)cc(=O)n(C)c1=O. The summed E-state index contributed by atoms with van der Waals surface area (Å²) in [7, 11) is 2.87. The second kappa shape index (κ2) is 7.02. The lowest BCUT2D eigenvalue weighted by atomic mass is 10.1. The van der Waals surface area contributed by atoms with Crippen LogP contribution in [-0.2, 0) is 36.7 Å². The Labute approximate surface area is 141 Å². The minimum atomic E-state index is -0.562. The first kappa shape index (κ1) is 17.3. The Morgan fingerprint density at radius 1 is 1.13 bits per heavy atom. The lowest BCUT2D eigenvalue weighted by Gasteiger charge is -2.11. The van der Waals surface area contributed by atoms with E-state index in [4.69, 9.17) is 27.9 Å². The number of hydrogen-bond acceptors (Lipinski definition) is 4. The van der Waals surface area contributed by atoms with E-state index in [0.29, 0.717) is 21.3 Å². The summed E-state index contributed by atoms with van der Waals surface area (Å²) < 4.78 is 7.32. The Balaban J connectivity index is 2.12. The van der Waals surface area contributed by atoms with Gasteiger partial charge in [0.05, 0.1) is 12.1 Å². The van der Waals surface area contributed by atoms with Crippen molar-refractivity contribution in [2.75, 3.05) is 0 Å². The topological polar surface area (TPSA) is 70.3 Å². The average Bonchev–Trinajstić information content (AvgIpc) is 2.51. The van der Waals surface area contributed by atoms with E-state index in [-0.39, 0.29) is 13.0 Å². The van der Waals surface area contributed by atoms with Crippen LogP contribution in [0.4, 0.5) is 0 Å². The van der Waals surface area contributed by atoms with Crippen LogP contribution in [0.1, 0.15) is 11.3 Å². The highest BCUT2D eigenvalue weighted by Crippen LogP contribution is 2.24. The summed E-state index contributed by atoms with van der Waals surface area (Å²) in [5.74, 6) is -0.562. The number of benzene rings is 1. The van der Waals surface area contributed by atoms with Crippen LogP contribution in [0.5, 0.6) is 0 Å². The van der Waals surface area contributed by atoms with Gasteiger partial charge in [-0.15, -0.1) is 0 Å². The van der Waals surface area contributed by atoms with Crippen molar-refractivity contribution in [1.29, 1.82) is 0 Å². The van der Waals surface area contributed by atoms with Crippen LogP contribution in [0.25, 0.3) is 0 Å². The molecule has 122 valence electrons. The van der Waals surface area contributed by atoms with E-state index in [1.165, 1.54) is 24.7 Å². The van der Waals surface area contributed by atoms with Crippen LogP contribution in [0.3, 0.4) is 0 Å². The first-order valence-electron chi connectivity index (χ1n) is 6.65. The predicted molar refractivity (Wildman–Crippen MR) is 86.9 cm³/mol. The molecule has 0 fully saturated rings. The van der Waals surface area contributed by atoms with Gasteiger partial charge in [-0.1, -0.05) is 29.3 Å². The van der Waals surface area contributed by atoms with Crippen LogP contribution in [-0.4, -0.2) is 15.1 Å². The maximum atomic E-state index is 11.9. The van der Waals surface area contributed by atoms with Gasteiger partial charge < -0.3 is 4.74 Å². The lowest BCUT2D eigenvalue weighted by Crippen LogP contribution is -2.38. The minimum absolute atomic E-state index is 0.0999. The van der Waals surface area contributed by atoms with E-state index in [9.17, 15) is 14.4 Å². The third-order valence-corrected chi connectivity index (χ3v) is 4.10. The maximum absolute atomic E-state index is 11.9. The Bertz CT molecular complexity index is 851. The number of aromatic nitrogens is 2. The van der Waals surface area contributed by atoms with Gasteiger partial charge in [0, 0.05) is 35.8 Å². The molecular weight excluding hydrogens is 343 g/mol. The fourth-order valence-electron chi connectivity index (χ4n) is 1.97. The van der Waals surface area contributed by atoms with Gasteiger partial charge in [-0.05, 0) is 12.1 Å². The van der Waals surface area contributed by atoms with Crippen molar-refractivity contribution in [2.45, 2.75) is 13.0 Å². The molecule has 0 aliphatic heterocycles. The Hall–Kier alpha value is -2.05. The molecule has 0 N–H and O–H groups in total. The van der Waals surface area contributed by atoms with Crippen LogP contribution < -0.4 is 11.2 Å². The molecule has 1 aromatic carbocycles.